The SMILES string of the molecule is CCCNC(CCOc1ccc([N+](=O)[O-])cc1F)C(N)=O. The zero-order valence-corrected chi connectivity index (χ0v) is 11.7. The minimum absolute atomic E-state index is 0.0685. The number of nitro benzene ring substituents is 1. The third-order valence-electron chi connectivity index (χ3n) is 2.77. The molecule has 0 radical (unpaired) electrons. The van der Waals surface area contributed by atoms with Crippen molar-refractivity contribution in [3.05, 3.63) is 34.1 Å². The number of ether oxygens (including phenoxy) is 1. The highest BCUT2D eigenvalue weighted by Crippen LogP contribution is 2.22. The highest BCUT2D eigenvalue weighted by atomic mass is 19.1. The molecule has 0 saturated heterocycles. The molecule has 0 aliphatic rings. The zero-order chi connectivity index (χ0) is 15.8. The van der Waals surface area contributed by atoms with Crippen LogP contribution in [-0.2, 0) is 4.79 Å². The van der Waals surface area contributed by atoms with Crippen molar-refractivity contribution in [2.24, 2.45) is 5.73 Å². The quantitative estimate of drug-likeness (QED) is 0.528. The van der Waals surface area contributed by atoms with Crippen LogP contribution in [0.1, 0.15) is 19.8 Å². The van der Waals surface area contributed by atoms with Crippen molar-refractivity contribution >= 4 is 11.6 Å². The Hall–Kier alpha value is -2.22. The van der Waals surface area contributed by atoms with Gasteiger partial charge in [0.2, 0.25) is 5.91 Å². The molecule has 0 saturated carbocycles. The fourth-order valence-electron chi connectivity index (χ4n) is 1.67. The molecule has 116 valence electrons. The van der Waals surface area contributed by atoms with E-state index in [9.17, 15) is 19.3 Å². The zero-order valence-electron chi connectivity index (χ0n) is 11.7. The fourth-order valence-corrected chi connectivity index (χ4v) is 1.67. The summed E-state index contributed by atoms with van der Waals surface area (Å²) in [6.45, 7) is 2.66. The number of carbonyl (C=O) groups excluding carboxylic acids is 1. The second-order valence-corrected chi connectivity index (χ2v) is 4.42. The molecule has 3 N–H and O–H groups in total. The van der Waals surface area contributed by atoms with Crippen LogP contribution >= 0.6 is 0 Å². The molecule has 1 unspecified atom stereocenters. The average Bonchev–Trinajstić information content (AvgIpc) is 2.43. The molecule has 1 rings (SSSR count). The number of amides is 1. The predicted molar refractivity (Wildman–Crippen MR) is 74.4 cm³/mol. The second kappa shape index (κ2) is 8.15. The topological polar surface area (TPSA) is 107 Å². The van der Waals surface area contributed by atoms with E-state index in [1.165, 1.54) is 6.07 Å². The van der Waals surface area contributed by atoms with Gasteiger partial charge in [-0.3, -0.25) is 14.9 Å². The lowest BCUT2D eigenvalue weighted by Gasteiger charge is -2.15. The number of benzene rings is 1. The van der Waals surface area contributed by atoms with Crippen LogP contribution in [0.2, 0.25) is 0 Å². The molecule has 0 aliphatic heterocycles. The van der Waals surface area contributed by atoms with Crippen molar-refractivity contribution in [2.75, 3.05) is 13.2 Å². The maximum atomic E-state index is 13.6. The normalized spacial score (nSPS) is 11.9. The molecule has 8 heteroatoms. The Labute approximate surface area is 121 Å². The third kappa shape index (κ3) is 5.35. The predicted octanol–water partition coefficient (Wildman–Crippen LogP) is 1.36. The van der Waals surface area contributed by atoms with Gasteiger partial charge in [0.1, 0.15) is 0 Å². The summed E-state index contributed by atoms with van der Waals surface area (Å²) in [5, 5.41) is 13.4. The largest absolute Gasteiger partial charge is 0.490 e. The van der Waals surface area contributed by atoms with Gasteiger partial charge in [-0.15, -0.1) is 0 Å². The summed E-state index contributed by atoms with van der Waals surface area (Å²) in [4.78, 5) is 21.0. The summed E-state index contributed by atoms with van der Waals surface area (Å²) < 4.78 is 18.7. The fraction of sp³-hybridized carbons (Fsp3) is 0.462. The molecule has 0 aliphatic carbocycles. The number of nitrogens with zero attached hydrogens (tertiary/aromatic N) is 1. The Bertz CT molecular complexity index is 510. The Kier molecular flexibility index (Phi) is 6.54. The van der Waals surface area contributed by atoms with Gasteiger partial charge in [-0.1, -0.05) is 6.92 Å². The van der Waals surface area contributed by atoms with Crippen LogP contribution in [-0.4, -0.2) is 30.0 Å². The Balaban J connectivity index is 2.54. The first-order valence-corrected chi connectivity index (χ1v) is 6.55. The minimum Gasteiger partial charge on any atom is -0.490 e. The molecular weight excluding hydrogens is 281 g/mol. The van der Waals surface area contributed by atoms with E-state index in [0.717, 1.165) is 18.6 Å². The molecule has 0 spiro atoms. The van der Waals surface area contributed by atoms with E-state index < -0.39 is 22.7 Å². The van der Waals surface area contributed by atoms with Crippen LogP contribution in [0.15, 0.2) is 18.2 Å². The summed E-state index contributed by atoms with van der Waals surface area (Å²) in [5.74, 6) is -1.42. The van der Waals surface area contributed by atoms with Crippen LogP contribution in [0.3, 0.4) is 0 Å². The van der Waals surface area contributed by atoms with Crippen LogP contribution in [0.25, 0.3) is 0 Å². The molecule has 1 aromatic rings. The molecule has 0 bridgehead atoms. The number of halogens is 1. The monoisotopic (exact) mass is 299 g/mol. The van der Waals surface area contributed by atoms with Crippen LogP contribution in [0.5, 0.6) is 5.75 Å². The van der Waals surface area contributed by atoms with Gasteiger partial charge in [0.15, 0.2) is 11.6 Å². The average molecular weight is 299 g/mol. The Morgan fingerprint density at radius 3 is 2.81 bits per heavy atom. The third-order valence-corrected chi connectivity index (χ3v) is 2.77. The van der Waals surface area contributed by atoms with Gasteiger partial charge in [0.05, 0.1) is 23.6 Å². The highest BCUT2D eigenvalue weighted by Gasteiger charge is 2.15. The van der Waals surface area contributed by atoms with Crippen molar-refractivity contribution in [3.63, 3.8) is 0 Å². The van der Waals surface area contributed by atoms with E-state index in [4.69, 9.17) is 10.5 Å². The highest BCUT2D eigenvalue weighted by molar-refractivity contribution is 5.79. The first kappa shape index (κ1) is 16.8. The van der Waals surface area contributed by atoms with Gasteiger partial charge >= 0.3 is 0 Å². The van der Waals surface area contributed by atoms with Gasteiger partial charge in [0.25, 0.3) is 5.69 Å². The second-order valence-electron chi connectivity index (χ2n) is 4.42. The van der Waals surface area contributed by atoms with Crippen molar-refractivity contribution < 1.29 is 18.8 Å². The van der Waals surface area contributed by atoms with Crippen LogP contribution in [0, 0.1) is 15.9 Å². The molecule has 0 aromatic heterocycles. The summed E-state index contributed by atoms with van der Waals surface area (Å²) in [5.41, 5.74) is 4.89. The molecular formula is C13H18FN3O4. The minimum atomic E-state index is -0.818. The molecule has 1 atom stereocenters. The smallest absolute Gasteiger partial charge is 0.272 e. The molecule has 0 fully saturated rings. The number of carbonyl (C=O) groups is 1. The first-order chi connectivity index (χ1) is 9.95. The molecule has 7 nitrogen and oxygen atoms in total. The summed E-state index contributed by atoms with van der Waals surface area (Å²) in [6, 6.07) is 2.58. The van der Waals surface area contributed by atoms with Crippen molar-refractivity contribution in [3.8, 4) is 5.75 Å². The summed E-state index contributed by atoms with van der Waals surface area (Å²) in [6.07, 6.45) is 1.13. The number of rotatable bonds is 9. The lowest BCUT2D eigenvalue weighted by molar-refractivity contribution is -0.385. The van der Waals surface area contributed by atoms with Crippen LogP contribution in [0.4, 0.5) is 10.1 Å². The van der Waals surface area contributed by atoms with Crippen molar-refractivity contribution in [1.29, 1.82) is 0 Å². The van der Waals surface area contributed by atoms with E-state index in [-0.39, 0.29) is 24.5 Å². The summed E-state index contributed by atoms with van der Waals surface area (Å²) >= 11 is 0. The first-order valence-electron chi connectivity index (χ1n) is 6.55. The number of nitrogens with one attached hydrogen (secondary N) is 1. The van der Waals surface area contributed by atoms with E-state index in [1.54, 1.807) is 0 Å². The maximum Gasteiger partial charge on any atom is 0.272 e. The lowest BCUT2D eigenvalue weighted by Crippen LogP contribution is -2.42. The number of hydrogen-bond acceptors (Lipinski definition) is 5. The Morgan fingerprint density at radius 1 is 1.57 bits per heavy atom. The molecule has 1 aromatic carbocycles. The molecule has 21 heavy (non-hydrogen) atoms. The van der Waals surface area contributed by atoms with Gasteiger partial charge < -0.3 is 15.8 Å². The van der Waals surface area contributed by atoms with Crippen molar-refractivity contribution in [2.45, 2.75) is 25.8 Å². The standard InChI is InChI=1S/C13H18FN3O4/c1-2-6-16-11(13(15)18)5-7-21-12-4-3-9(17(19)20)8-10(12)14/h3-4,8,11,16H,2,5-7H2,1H3,(H2,15,18). The molecule has 1 amide bonds. The number of nitrogens with two attached hydrogens (primary N) is 1. The maximum absolute atomic E-state index is 13.6. The van der Waals surface area contributed by atoms with Gasteiger partial charge in [0, 0.05) is 12.5 Å². The molecule has 0 heterocycles. The van der Waals surface area contributed by atoms with E-state index in [2.05, 4.69) is 5.32 Å². The van der Waals surface area contributed by atoms with Crippen LogP contribution < -0.4 is 15.8 Å². The van der Waals surface area contributed by atoms with Gasteiger partial charge in [-0.25, -0.2) is 4.39 Å². The lowest BCUT2D eigenvalue weighted by atomic mass is 10.2. The van der Waals surface area contributed by atoms with Gasteiger partial charge in [-0.05, 0) is 19.0 Å². The number of primary amides is 1. The van der Waals surface area contributed by atoms with E-state index in [1.807, 2.05) is 6.92 Å². The number of non-ortho nitro benzene ring substituents is 1. The number of hydrogen-bond donors (Lipinski definition) is 2. The summed E-state index contributed by atoms with van der Waals surface area (Å²) in [7, 11) is 0. The Morgan fingerprint density at radius 2 is 2.29 bits per heavy atom. The van der Waals surface area contributed by atoms with E-state index in [0.29, 0.717) is 6.54 Å². The van der Waals surface area contributed by atoms with Gasteiger partial charge in [-0.2, -0.15) is 0 Å². The van der Waals surface area contributed by atoms with Crippen molar-refractivity contribution in [1.82, 2.24) is 5.32 Å². The number of nitro groups is 1. The van der Waals surface area contributed by atoms with E-state index >= 15 is 0 Å².